The fraction of sp³-hybridized carbons (Fsp3) is 0.320. The molecule has 6 nitrogen and oxygen atoms in total. The predicted molar refractivity (Wildman–Crippen MR) is 129 cm³/mol. The molecule has 0 saturated carbocycles. The van der Waals surface area contributed by atoms with Crippen LogP contribution in [0.25, 0.3) is 10.8 Å². The van der Waals surface area contributed by atoms with Gasteiger partial charge in [0.05, 0.1) is 16.1 Å². The molecule has 3 rings (SSSR count). The van der Waals surface area contributed by atoms with Gasteiger partial charge in [0.15, 0.2) is 0 Å². The molecule has 32 heavy (non-hydrogen) atoms. The third-order valence-electron chi connectivity index (χ3n) is 5.37. The fourth-order valence-corrected chi connectivity index (χ4v) is 4.72. The molecule has 0 unspecified atom stereocenters. The minimum absolute atomic E-state index is 0.0421. The third-order valence-corrected chi connectivity index (χ3v) is 6.76. The van der Waals surface area contributed by atoms with Gasteiger partial charge in [-0.25, -0.2) is 8.42 Å². The Hall–Kier alpha value is -3.06. The number of nitrogens with one attached hydrogen (secondary N) is 2. The van der Waals surface area contributed by atoms with Crippen LogP contribution in [0, 0.1) is 0 Å². The van der Waals surface area contributed by atoms with Crippen molar-refractivity contribution >= 4 is 32.4 Å². The minimum atomic E-state index is -3.86. The largest absolute Gasteiger partial charge is 0.506 e. The van der Waals surface area contributed by atoms with E-state index in [-0.39, 0.29) is 21.9 Å². The molecule has 3 aromatic carbocycles. The molecule has 0 bridgehead atoms. The van der Waals surface area contributed by atoms with Crippen molar-refractivity contribution in [3.05, 3.63) is 66.2 Å². The van der Waals surface area contributed by atoms with E-state index in [0.29, 0.717) is 17.3 Å². The van der Waals surface area contributed by atoms with Crippen LogP contribution in [0.3, 0.4) is 0 Å². The number of rotatable bonds is 11. The Morgan fingerprint density at radius 1 is 0.875 bits per heavy atom. The van der Waals surface area contributed by atoms with Crippen molar-refractivity contribution in [3.8, 4) is 5.75 Å². The van der Waals surface area contributed by atoms with Crippen LogP contribution >= 0.6 is 0 Å². The zero-order valence-electron chi connectivity index (χ0n) is 18.3. The first-order chi connectivity index (χ1) is 15.4. The summed E-state index contributed by atoms with van der Waals surface area (Å²) >= 11 is 0. The molecule has 0 spiro atoms. The molecule has 0 fully saturated rings. The number of phenolic OH excluding ortho intramolecular Hbond substituents is 1. The van der Waals surface area contributed by atoms with Crippen LogP contribution < -0.4 is 10.0 Å². The van der Waals surface area contributed by atoms with E-state index in [1.165, 1.54) is 37.5 Å². The Balaban J connectivity index is 1.82. The SMILES string of the molecule is CCCCCCCCNC(=O)c1cc(NS(=O)(=O)c2ccccc2)c2ccccc2c1O. The van der Waals surface area contributed by atoms with E-state index in [1.54, 1.807) is 42.5 Å². The molecule has 0 heterocycles. The second-order valence-corrected chi connectivity index (χ2v) is 9.49. The first-order valence-corrected chi connectivity index (χ1v) is 12.5. The van der Waals surface area contributed by atoms with Gasteiger partial charge in [0.25, 0.3) is 15.9 Å². The fourth-order valence-electron chi connectivity index (χ4n) is 3.62. The highest BCUT2D eigenvalue weighted by Crippen LogP contribution is 2.35. The average molecular weight is 455 g/mol. The summed E-state index contributed by atoms with van der Waals surface area (Å²) in [7, 11) is -3.86. The summed E-state index contributed by atoms with van der Waals surface area (Å²) in [5.74, 6) is -0.592. The highest BCUT2D eigenvalue weighted by Gasteiger charge is 2.20. The molecular formula is C25H30N2O4S. The van der Waals surface area contributed by atoms with Gasteiger partial charge >= 0.3 is 0 Å². The van der Waals surface area contributed by atoms with Crippen molar-refractivity contribution in [1.82, 2.24) is 5.32 Å². The quantitative estimate of drug-likeness (QED) is 0.266. The highest BCUT2D eigenvalue weighted by atomic mass is 32.2. The van der Waals surface area contributed by atoms with Gasteiger partial charge in [0, 0.05) is 17.3 Å². The number of aromatic hydroxyl groups is 1. The lowest BCUT2D eigenvalue weighted by Gasteiger charge is -2.15. The summed E-state index contributed by atoms with van der Waals surface area (Å²) < 4.78 is 28.3. The first-order valence-electron chi connectivity index (χ1n) is 11.0. The number of unbranched alkanes of at least 4 members (excludes halogenated alkanes) is 5. The lowest BCUT2D eigenvalue weighted by molar-refractivity contribution is 0.0950. The zero-order chi connectivity index (χ0) is 23.0. The maximum atomic E-state index is 12.9. The van der Waals surface area contributed by atoms with Crippen molar-refractivity contribution in [3.63, 3.8) is 0 Å². The number of carbonyl (C=O) groups excluding carboxylic acids is 1. The maximum absolute atomic E-state index is 12.9. The number of sulfonamides is 1. The lowest BCUT2D eigenvalue weighted by Crippen LogP contribution is -2.25. The standard InChI is InChI=1S/C25H30N2O4S/c1-2-3-4-5-6-12-17-26-25(29)22-18-23(20-15-10-11-16-21(20)24(22)28)27-32(30,31)19-13-8-7-9-14-19/h7-11,13-16,18,27-28H,2-6,12,17H2,1H3,(H,26,29). The van der Waals surface area contributed by atoms with Gasteiger partial charge in [0.2, 0.25) is 0 Å². The average Bonchev–Trinajstić information content (AvgIpc) is 2.80. The molecule has 0 atom stereocenters. The molecule has 0 aliphatic heterocycles. The minimum Gasteiger partial charge on any atom is -0.506 e. The Morgan fingerprint density at radius 3 is 2.22 bits per heavy atom. The number of amides is 1. The van der Waals surface area contributed by atoms with Crippen molar-refractivity contribution < 1.29 is 18.3 Å². The monoisotopic (exact) mass is 454 g/mol. The van der Waals surface area contributed by atoms with Crippen LogP contribution in [-0.4, -0.2) is 26.0 Å². The van der Waals surface area contributed by atoms with Crippen molar-refractivity contribution in [1.29, 1.82) is 0 Å². The second kappa shape index (κ2) is 11.0. The van der Waals surface area contributed by atoms with Crippen LogP contribution in [0.2, 0.25) is 0 Å². The molecule has 0 aliphatic rings. The van der Waals surface area contributed by atoms with Gasteiger partial charge in [-0.15, -0.1) is 0 Å². The van der Waals surface area contributed by atoms with E-state index < -0.39 is 15.9 Å². The molecule has 3 aromatic rings. The number of hydrogen-bond donors (Lipinski definition) is 3. The van der Waals surface area contributed by atoms with Crippen LogP contribution in [0.1, 0.15) is 55.8 Å². The molecule has 1 amide bonds. The van der Waals surface area contributed by atoms with Gasteiger partial charge < -0.3 is 10.4 Å². The molecule has 170 valence electrons. The van der Waals surface area contributed by atoms with Crippen molar-refractivity contribution in [2.75, 3.05) is 11.3 Å². The van der Waals surface area contributed by atoms with Crippen LogP contribution in [-0.2, 0) is 10.0 Å². The van der Waals surface area contributed by atoms with E-state index >= 15 is 0 Å². The van der Waals surface area contributed by atoms with E-state index in [9.17, 15) is 18.3 Å². The van der Waals surface area contributed by atoms with E-state index in [2.05, 4.69) is 17.0 Å². The lowest BCUT2D eigenvalue weighted by atomic mass is 10.0. The summed E-state index contributed by atoms with van der Waals surface area (Å²) in [4.78, 5) is 12.9. The van der Waals surface area contributed by atoms with Gasteiger partial charge in [-0.3, -0.25) is 9.52 Å². The van der Waals surface area contributed by atoms with Crippen LogP contribution in [0.4, 0.5) is 5.69 Å². The van der Waals surface area contributed by atoms with Gasteiger partial charge in [-0.05, 0) is 24.6 Å². The molecule has 3 N–H and O–H groups in total. The van der Waals surface area contributed by atoms with Gasteiger partial charge in [-0.1, -0.05) is 81.5 Å². The Bertz CT molecular complexity index is 1160. The Labute approximate surface area is 189 Å². The third kappa shape index (κ3) is 5.79. The van der Waals surface area contributed by atoms with Crippen LogP contribution in [0.5, 0.6) is 5.75 Å². The first kappa shape index (κ1) is 23.6. The number of phenols is 1. The second-order valence-electron chi connectivity index (χ2n) is 7.81. The molecule has 0 aromatic heterocycles. The molecule has 0 aliphatic carbocycles. The molecular weight excluding hydrogens is 424 g/mol. The van der Waals surface area contributed by atoms with Gasteiger partial charge in [-0.2, -0.15) is 0 Å². The maximum Gasteiger partial charge on any atom is 0.261 e. The summed E-state index contributed by atoms with van der Waals surface area (Å²) in [6, 6.07) is 16.3. The molecule has 0 saturated heterocycles. The highest BCUT2D eigenvalue weighted by molar-refractivity contribution is 7.92. The van der Waals surface area contributed by atoms with Crippen LogP contribution in [0.15, 0.2) is 65.6 Å². The number of hydrogen-bond acceptors (Lipinski definition) is 4. The van der Waals surface area contributed by atoms with E-state index in [0.717, 1.165) is 19.3 Å². The number of carbonyl (C=O) groups is 1. The summed E-state index contributed by atoms with van der Waals surface area (Å²) in [5.41, 5.74) is 0.285. The number of fused-ring (bicyclic) bond motifs is 1. The normalized spacial score (nSPS) is 11.4. The Morgan fingerprint density at radius 2 is 1.50 bits per heavy atom. The summed E-state index contributed by atoms with van der Waals surface area (Å²) in [6.07, 6.45) is 6.63. The zero-order valence-corrected chi connectivity index (χ0v) is 19.1. The topological polar surface area (TPSA) is 95.5 Å². The summed E-state index contributed by atoms with van der Waals surface area (Å²) in [5, 5.41) is 14.5. The van der Waals surface area contributed by atoms with Crippen molar-refractivity contribution in [2.24, 2.45) is 0 Å². The number of anilines is 1. The van der Waals surface area contributed by atoms with E-state index in [1.807, 2.05) is 0 Å². The Kier molecular flexibility index (Phi) is 8.11. The molecule has 0 radical (unpaired) electrons. The number of benzene rings is 3. The molecule has 7 heteroatoms. The van der Waals surface area contributed by atoms with Crippen molar-refractivity contribution in [2.45, 2.75) is 50.3 Å². The van der Waals surface area contributed by atoms with Gasteiger partial charge in [0.1, 0.15) is 5.75 Å². The predicted octanol–water partition coefficient (Wildman–Crippen LogP) is 5.44. The smallest absolute Gasteiger partial charge is 0.261 e. The summed E-state index contributed by atoms with van der Waals surface area (Å²) in [6.45, 7) is 2.67. The van der Waals surface area contributed by atoms with E-state index in [4.69, 9.17) is 0 Å².